The summed E-state index contributed by atoms with van der Waals surface area (Å²) in [7, 11) is -2.40. The minimum atomic E-state index is -3.90. The van der Waals surface area contributed by atoms with Crippen molar-refractivity contribution in [3.8, 4) is 0 Å². The van der Waals surface area contributed by atoms with Gasteiger partial charge in [-0.2, -0.15) is 0 Å². The topological polar surface area (TPSA) is 115 Å². The standard InChI is InChI=1S/C17H18N2O6S/c1-19-13-9-12(6-7-14(13)25-16(19)20)26(22,23)18-10-17(21,11-4-5-11)15-3-2-8-24-15/h2-3,6-9,11,18,21H,4-5,10H2,1H3/t17-/m1/s1. The van der Waals surface area contributed by atoms with E-state index in [-0.39, 0.29) is 17.4 Å². The molecule has 2 heterocycles. The van der Waals surface area contributed by atoms with Crippen LogP contribution >= 0.6 is 0 Å². The highest BCUT2D eigenvalue weighted by Crippen LogP contribution is 2.45. The molecule has 1 aliphatic carbocycles. The average Bonchev–Trinajstić information content (AvgIpc) is 3.25. The summed E-state index contributed by atoms with van der Waals surface area (Å²) in [5.74, 6) is -0.271. The highest BCUT2D eigenvalue weighted by molar-refractivity contribution is 7.89. The van der Waals surface area contributed by atoms with Crippen LogP contribution in [-0.2, 0) is 22.7 Å². The fourth-order valence-electron chi connectivity index (χ4n) is 3.08. The Morgan fingerprint density at radius 1 is 1.35 bits per heavy atom. The van der Waals surface area contributed by atoms with Gasteiger partial charge in [-0.3, -0.25) is 4.57 Å². The van der Waals surface area contributed by atoms with Gasteiger partial charge in [-0.25, -0.2) is 17.9 Å². The van der Waals surface area contributed by atoms with Crippen molar-refractivity contribution in [2.75, 3.05) is 6.54 Å². The van der Waals surface area contributed by atoms with Gasteiger partial charge in [0.25, 0.3) is 0 Å². The lowest BCUT2D eigenvalue weighted by molar-refractivity contribution is -0.00224. The van der Waals surface area contributed by atoms with E-state index in [9.17, 15) is 18.3 Å². The Labute approximate surface area is 149 Å². The van der Waals surface area contributed by atoms with Crippen LogP contribution in [0.5, 0.6) is 0 Å². The van der Waals surface area contributed by atoms with Crippen molar-refractivity contribution in [2.24, 2.45) is 13.0 Å². The summed E-state index contributed by atoms with van der Waals surface area (Å²) in [5.41, 5.74) is -0.703. The molecule has 1 aromatic carbocycles. The van der Waals surface area contributed by atoms with E-state index in [1.54, 1.807) is 12.1 Å². The summed E-state index contributed by atoms with van der Waals surface area (Å²) in [4.78, 5) is 11.5. The van der Waals surface area contributed by atoms with Crippen molar-refractivity contribution in [2.45, 2.75) is 23.3 Å². The predicted molar refractivity (Wildman–Crippen MR) is 92.0 cm³/mol. The van der Waals surface area contributed by atoms with Crippen molar-refractivity contribution in [1.29, 1.82) is 0 Å². The molecular weight excluding hydrogens is 360 g/mol. The minimum absolute atomic E-state index is 0.0148. The molecule has 0 aliphatic heterocycles. The third kappa shape index (κ3) is 2.77. The van der Waals surface area contributed by atoms with E-state index in [1.165, 1.54) is 36.1 Å². The van der Waals surface area contributed by atoms with Gasteiger partial charge < -0.3 is 13.9 Å². The van der Waals surface area contributed by atoms with Crippen molar-refractivity contribution < 1.29 is 22.4 Å². The van der Waals surface area contributed by atoms with Gasteiger partial charge in [0.1, 0.15) is 11.4 Å². The van der Waals surface area contributed by atoms with Gasteiger partial charge in [0.05, 0.1) is 16.7 Å². The predicted octanol–water partition coefficient (Wildman–Crippen LogP) is 1.30. The Morgan fingerprint density at radius 2 is 2.12 bits per heavy atom. The van der Waals surface area contributed by atoms with E-state index >= 15 is 0 Å². The first-order valence-corrected chi connectivity index (χ1v) is 9.65. The molecule has 0 saturated heterocycles. The minimum Gasteiger partial charge on any atom is -0.466 e. The summed E-state index contributed by atoms with van der Waals surface area (Å²) in [5, 5.41) is 11.0. The number of sulfonamides is 1. The Kier molecular flexibility index (Phi) is 3.83. The van der Waals surface area contributed by atoms with Crippen molar-refractivity contribution in [1.82, 2.24) is 9.29 Å². The normalized spacial score (nSPS) is 17.5. The SMILES string of the molecule is Cn1c(=O)oc2ccc(S(=O)(=O)NC[C@](O)(c3ccco3)C3CC3)cc21. The van der Waals surface area contributed by atoms with Gasteiger partial charge in [0.2, 0.25) is 10.0 Å². The molecule has 0 bridgehead atoms. The first-order chi connectivity index (χ1) is 12.3. The number of aryl methyl sites for hydroxylation is 1. The third-order valence-electron chi connectivity index (χ3n) is 4.81. The van der Waals surface area contributed by atoms with Crippen molar-refractivity contribution in [3.63, 3.8) is 0 Å². The lowest BCUT2D eigenvalue weighted by atomic mass is 9.95. The van der Waals surface area contributed by atoms with E-state index in [2.05, 4.69) is 4.72 Å². The Balaban J connectivity index is 1.63. The van der Waals surface area contributed by atoms with Gasteiger partial charge >= 0.3 is 5.76 Å². The van der Waals surface area contributed by atoms with Crippen LogP contribution in [0.3, 0.4) is 0 Å². The summed E-state index contributed by atoms with van der Waals surface area (Å²) in [6, 6.07) is 7.46. The lowest BCUT2D eigenvalue weighted by Crippen LogP contribution is -2.42. The molecule has 1 saturated carbocycles. The second kappa shape index (κ2) is 5.83. The van der Waals surface area contributed by atoms with Crippen LogP contribution in [0, 0.1) is 5.92 Å². The molecule has 1 fully saturated rings. The first-order valence-electron chi connectivity index (χ1n) is 8.17. The molecule has 2 N–H and O–H groups in total. The van der Waals surface area contributed by atoms with E-state index < -0.39 is 21.4 Å². The number of hydrogen-bond acceptors (Lipinski definition) is 6. The fraction of sp³-hybridized carbons (Fsp3) is 0.353. The van der Waals surface area contributed by atoms with E-state index in [1.807, 2.05) is 0 Å². The van der Waals surface area contributed by atoms with Crippen LogP contribution < -0.4 is 10.5 Å². The van der Waals surface area contributed by atoms with Gasteiger partial charge in [-0.15, -0.1) is 0 Å². The number of nitrogens with zero attached hydrogens (tertiary/aromatic N) is 1. The van der Waals surface area contributed by atoms with Crippen LogP contribution in [0.1, 0.15) is 18.6 Å². The molecule has 8 nitrogen and oxygen atoms in total. The molecule has 138 valence electrons. The molecule has 2 aromatic heterocycles. The smallest absolute Gasteiger partial charge is 0.419 e. The first kappa shape index (κ1) is 17.1. The van der Waals surface area contributed by atoms with Crippen LogP contribution in [-0.4, -0.2) is 24.6 Å². The highest BCUT2D eigenvalue weighted by Gasteiger charge is 2.47. The summed E-state index contributed by atoms with van der Waals surface area (Å²) < 4.78 is 39.4. The zero-order valence-electron chi connectivity index (χ0n) is 14.0. The van der Waals surface area contributed by atoms with Crippen LogP contribution in [0.4, 0.5) is 0 Å². The summed E-state index contributed by atoms with van der Waals surface area (Å²) in [6.45, 7) is -0.199. The summed E-state index contributed by atoms with van der Waals surface area (Å²) >= 11 is 0. The maximum Gasteiger partial charge on any atom is 0.419 e. The second-order valence-electron chi connectivity index (χ2n) is 6.56. The number of rotatable bonds is 6. The zero-order valence-corrected chi connectivity index (χ0v) is 14.8. The van der Waals surface area contributed by atoms with Crippen molar-refractivity contribution >= 4 is 21.1 Å². The van der Waals surface area contributed by atoms with Crippen LogP contribution in [0.25, 0.3) is 11.1 Å². The molecule has 4 rings (SSSR count). The Morgan fingerprint density at radius 3 is 2.77 bits per heavy atom. The van der Waals surface area contributed by atoms with Gasteiger partial charge in [-0.05, 0) is 49.1 Å². The number of nitrogens with one attached hydrogen (secondary N) is 1. The molecule has 3 aromatic rings. The number of furan rings is 1. The zero-order chi connectivity index (χ0) is 18.5. The largest absolute Gasteiger partial charge is 0.466 e. The number of benzene rings is 1. The third-order valence-corrected chi connectivity index (χ3v) is 6.20. The molecule has 0 spiro atoms. The number of oxazole rings is 1. The second-order valence-corrected chi connectivity index (χ2v) is 8.32. The van der Waals surface area contributed by atoms with Gasteiger partial charge in [-0.1, -0.05) is 0 Å². The molecule has 0 radical (unpaired) electrons. The monoisotopic (exact) mass is 378 g/mol. The number of aliphatic hydroxyl groups is 1. The molecule has 9 heteroatoms. The van der Waals surface area contributed by atoms with Gasteiger partial charge in [0.15, 0.2) is 5.58 Å². The molecule has 0 unspecified atom stereocenters. The highest BCUT2D eigenvalue weighted by atomic mass is 32.2. The van der Waals surface area contributed by atoms with E-state index in [0.29, 0.717) is 16.9 Å². The van der Waals surface area contributed by atoms with E-state index in [0.717, 1.165) is 12.8 Å². The molecular formula is C17H18N2O6S. The van der Waals surface area contributed by atoms with E-state index in [4.69, 9.17) is 8.83 Å². The quantitative estimate of drug-likeness (QED) is 0.668. The Hall–Kier alpha value is -2.36. The maximum atomic E-state index is 12.7. The van der Waals surface area contributed by atoms with Crippen LogP contribution in [0.15, 0.2) is 55.1 Å². The fourth-order valence-corrected chi connectivity index (χ4v) is 4.17. The Bertz CT molecular complexity index is 1110. The van der Waals surface area contributed by atoms with Crippen molar-refractivity contribution in [3.05, 3.63) is 52.9 Å². The lowest BCUT2D eigenvalue weighted by Gasteiger charge is -2.26. The number of fused-ring (bicyclic) bond motifs is 1. The molecule has 1 atom stereocenters. The van der Waals surface area contributed by atoms with Gasteiger partial charge in [0, 0.05) is 13.6 Å². The molecule has 0 amide bonds. The number of hydrogen-bond donors (Lipinski definition) is 2. The summed E-state index contributed by atoms with van der Waals surface area (Å²) in [6.07, 6.45) is 3.06. The molecule has 26 heavy (non-hydrogen) atoms. The maximum absolute atomic E-state index is 12.7. The number of aromatic nitrogens is 1. The van der Waals surface area contributed by atoms with Crippen LogP contribution in [0.2, 0.25) is 0 Å². The molecule has 1 aliphatic rings. The average molecular weight is 378 g/mol.